The van der Waals surface area contributed by atoms with Crippen LogP contribution in [0.5, 0.6) is 11.5 Å². The van der Waals surface area contributed by atoms with E-state index in [1.165, 1.54) is 33.0 Å². The monoisotopic (exact) mass is 978 g/mol. The standard InChI is InChI=1S/2C24H26F3N5O3/c2*1-14-2-4-18-15(10-29-21(18)8-14)12-32-7-6-16(13-32)31-22(33)11-30-23(34)19-9-17(3-5-20(19)28)35-24(25,26)27/h2*2-5,8-10,16,29H,6-7,11-13,28H2,1H3,(H,30,34)(H,31,33)/t2*16-/m11/s1. The van der Waals surface area contributed by atoms with E-state index in [1.807, 2.05) is 26.2 Å². The van der Waals surface area contributed by atoms with E-state index in [-0.39, 0.29) is 47.7 Å². The molecule has 2 aliphatic heterocycles. The summed E-state index contributed by atoms with van der Waals surface area (Å²) in [4.78, 5) is 60.5. The Hall–Kier alpha value is -7.46. The lowest BCUT2D eigenvalue weighted by Crippen LogP contribution is -2.43. The molecule has 22 heteroatoms. The van der Waals surface area contributed by atoms with E-state index in [1.54, 1.807) is 0 Å². The quantitative estimate of drug-likeness (QED) is 0.0459. The molecular formula is C48H52F6N10O6. The van der Waals surface area contributed by atoms with Crippen LogP contribution in [-0.4, -0.2) is 107 Å². The third-order valence-corrected chi connectivity index (χ3v) is 11.7. The van der Waals surface area contributed by atoms with Crippen LogP contribution < -0.4 is 42.2 Å². The molecule has 70 heavy (non-hydrogen) atoms. The van der Waals surface area contributed by atoms with Crippen LogP contribution in [0.1, 0.15) is 55.8 Å². The minimum atomic E-state index is -4.90. The van der Waals surface area contributed by atoms with E-state index < -0.39 is 47.9 Å². The fraction of sp³-hybridized carbons (Fsp3) is 0.333. The van der Waals surface area contributed by atoms with E-state index in [2.05, 4.69) is 86.9 Å². The fourth-order valence-electron chi connectivity index (χ4n) is 8.46. The maximum Gasteiger partial charge on any atom is 0.573 e. The van der Waals surface area contributed by atoms with Crippen molar-refractivity contribution < 1.29 is 55.0 Å². The second-order valence-electron chi connectivity index (χ2n) is 17.3. The summed E-state index contributed by atoms with van der Waals surface area (Å²) in [7, 11) is 0. The minimum absolute atomic E-state index is 0.0312. The molecule has 16 nitrogen and oxygen atoms in total. The number of H-pyrrole nitrogens is 2. The van der Waals surface area contributed by atoms with E-state index in [4.69, 9.17) is 11.5 Å². The Morgan fingerprint density at radius 2 is 1.01 bits per heavy atom. The van der Waals surface area contributed by atoms with Crippen LogP contribution in [-0.2, 0) is 22.7 Å². The number of nitrogen functional groups attached to an aromatic ring is 2. The SMILES string of the molecule is Cc1ccc2c(CN3CC[C@@H](NC(=O)CNC(=O)c4cc(OC(F)(F)F)ccc4N)C3)c[nH]c2c1.Cc1ccc2c(CN3CC[C@@H](NC(=O)CNC(=O)c4cc(OC(F)(F)F)ccc4N)C3)c[nH]c2c1. The van der Waals surface area contributed by atoms with E-state index >= 15 is 0 Å². The zero-order valence-corrected chi connectivity index (χ0v) is 38.1. The number of aryl methyl sites for hydroxylation is 2. The number of hydrogen-bond donors (Lipinski definition) is 8. The van der Waals surface area contributed by atoms with Gasteiger partial charge in [-0.05, 0) is 97.5 Å². The Morgan fingerprint density at radius 1 is 0.614 bits per heavy atom. The molecule has 6 aromatic rings. The predicted octanol–water partition coefficient (Wildman–Crippen LogP) is 6.16. The van der Waals surface area contributed by atoms with Gasteiger partial charge in [0.1, 0.15) is 11.5 Å². The van der Waals surface area contributed by atoms with Crippen LogP contribution in [0, 0.1) is 13.8 Å². The van der Waals surface area contributed by atoms with Crippen molar-refractivity contribution in [1.29, 1.82) is 0 Å². The number of fused-ring (bicyclic) bond motifs is 2. The minimum Gasteiger partial charge on any atom is -0.406 e. The highest BCUT2D eigenvalue weighted by Gasteiger charge is 2.33. The molecule has 2 atom stereocenters. The summed E-state index contributed by atoms with van der Waals surface area (Å²) in [6.07, 6.45) is -4.24. The number of aromatic amines is 2. The molecule has 2 fully saturated rings. The first-order valence-electron chi connectivity index (χ1n) is 22.2. The molecule has 372 valence electrons. The molecule has 0 spiro atoms. The van der Waals surface area contributed by atoms with E-state index in [9.17, 15) is 45.5 Å². The molecule has 4 aromatic carbocycles. The highest BCUT2D eigenvalue weighted by atomic mass is 19.4. The first-order chi connectivity index (χ1) is 33.1. The Bertz CT molecular complexity index is 2670. The van der Waals surface area contributed by atoms with E-state index in [0.29, 0.717) is 13.1 Å². The van der Waals surface area contributed by atoms with Gasteiger partial charge in [-0.1, -0.05) is 24.3 Å². The van der Waals surface area contributed by atoms with Crippen LogP contribution in [0.15, 0.2) is 85.2 Å². The van der Waals surface area contributed by atoms with E-state index in [0.717, 1.165) is 86.5 Å². The van der Waals surface area contributed by atoms with Crippen LogP contribution in [0.25, 0.3) is 21.8 Å². The lowest BCUT2D eigenvalue weighted by Gasteiger charge is -2.17. The summed E-state index contributed by atoms with van der Waals surface area (Å²) >= 11 is 0. The average molecular weight is 979 g/mol. The normalized spacial score (nSPS) is 16.4. The summed E-state index contributed by atoms with van der Waals surface area (Å²) in [6, 6.07) is 18.5. The number of benzene rings is 4. The highest BCUT2D eigenvalue weighted by Crippen LogP contribution is 2.29. The van der Waals surface area contributed by atoms with Crippen molar-refractivity contribution in [2.45, 2.75) is 64.6 Å². The molecule has 0 saturated carbocycles. The summed E-state index contributed by atoms with van der Waals surface area (Å²) in [5.74, 6) is -3.47. The van der Waals surface area contributed by atoms with Crippen molar-refractivity contribution in [2.24, 2.45) is 0 Å². The fourth-order valence-corrected chi connectivity index (χ4v) is 8.46. The number of nitrogens with two attached hydrogens (primary N) is 2. The zero-order valence-electron chi connectivity index (χ0n) is 38.1. The third kappa shape index (κ3) is 13.8. The molecule has 0 unspecified atom stereocenters. The summed E-state index contributed by atoms with van der Waals surface area (Å²) in [5.41, 5.74) is 17.9. The second kappa shape index (κ2) is 21.5. The average Bonchev–Trinajstić information content (AvgIpc) is 4.11. The number of anilines is 2. The van der Waals surface area contributed by atoms with Crippen LogP contribution >= 0.6 is 0 Å². The first kappa shape index (κ1) is 50.4. The Morgan fingerprint density at radius 3 is 1.40 bits per heavy atom. The number of aromatic nitrogens is 2. The molecule has 0 radical (unpaired) electrons. The van der Waals surface area contributed by atoms with Crippen LogP contribution in [0.3, 0.4) is 0 Å². The van der Waals surface area contributed by atoms with Gasteiger partial charge in [0.25, 0.3) is 11.8 Å². The topological polar surface area (TPSA) is 225 Å². The zero-order chi connectivity index (χ0) is 50.3. The number of carbonyl (C=O) groups excluding carboxylic acids is 4. The van der Waals surface area contributed by atoms with Crippen molar-refractivity contribution in [2.75, 3.05) is 50.7 Å². The van der Waals surface area contributed by atoms with Gasteiger partial charge in [-0.2, -0.15) is 0 Å². The number of alkyl halides is 6. The molecule has 2 aromatic heterocycles. The van der Waals surface area contributed by atoms with Gasteiger partial charge in [0.2, 0.25) is 11.8 Å². The van der Waals surface area contributed by atoms with Gasteiger partial charge in [-0.3, -0.25) is 29.0 Å². The molecule has 10 N–H and O–H groups in total. The molecule has 2 saturated heterocycles. The number of carbonyl (C=O) groups is 4. The van der Waals surface area contributed by atoms with Crippen molar-refractivity contribution in [3.05, 3.63) is 119 Å². The maximum absolute atomic E-state index is 12.4. The molecule has 4 heterocycles. The van der Waals surface area contributed by atoms with Gasteiger partial charge < -0.3 is 52.2 Å². The Balaban J connectivity index is 0.000000206. The van der Waals surface area contributed by atoms with Gasteiger partial charge in [0.05, 0.1) is 24.2 Å². The van der Waals surface area contributed by atoms with Crippen LogP contribution in [0.4, 0.5) is 37.7 Å². The molecular weight excluding hydrogens is 927 g/mol. The number of nitrogens with zero attached hydrogens (tertiary/aromatic N) is 2. The number of amides is 4. The lowest BCUT2D eigenvalue weighted by atomic mass is 10.1. The first-order valence-corrected chi connectivity index (χ1v) is 22.2. The Kier molecular flexibility index (Phi) is 15.5. The number of hydrogen-bond acceptors (Lipinski definition) is 10. The summed E-state index contributed by atoms with van der Waals surface area (Å²) in [5, 5.41) is 12.9. The molecule has 0 aliphatic carbocycles. The maximum atomic E-state index is 12.4. The van der Waals surface area contributed by atoms with Crippen LogP contribution in [0.2, 0.25) is 0 Å². The van der Waals surface area contributed by atoms with Crippen molar-refractivity contribution in [3.8, 4) is 11.5 Å². The van der Waals surface area contributed by atoms with Gasteiger partial charge in [0.15, 0.2) is 0 Å². The van der Waals surface area contributed by atoms with Gasteiger partial charge in [0, 0.05) is 96.9 Å². The summed E-state index contributed by atoms with van der Waals surface area (Å²) in [6.45, 7) is 7.90. The summed E-state index contributed by atoms with van der Waals surface area (Å²) < 4.78 is 82.2. The smallest absolute Gasteiger partial charge is 0.406 e. The Labute approximate surface area is 397 Å². The number of rotatable bonds is 14. The largest absolute Gasteiger partial charge is 0.573 e. The molecule has 4 amide bonds. The highest BCUT2D eigenvalue weighted by molar-refractivity contribution is 6.02. The van der Waals surface area contributed by atoms with Gasteiger partial charge in [-0.15, -0.1) is 26.3 Å². The lowest BCUT2D eigenvalue weighted by molar-refractivity contribution is -0.275. The molecule has 0 bridgehead atoms. The van der Waals surface area contributed by atoms with Crippen molar-refractivity contribution in [3.63, 3.8) is 0 Å². The number of ether oxygens (including phenoxy) is 2. The van der Waals surface area contributed by atoms with Gasteiger partial charge in [-0.25, -0.2) is 0 Å². The number of likely N-dealkylation sites (tertiary alicyclic amines) is 2. The predicted molar refractivity (Wildman–Crippen MR) is 249 cm³/mol. The third-order valence-electron chi connectivity index (χ3n) is 11.7. The van der Waals surface area contributed by atoms with Gasteiger partial charge >= 0.3 is 12.7 Å². The number of halogens is 6. The number of nitrogens with one attached hydrogen (secondary N) is 6. The van der Waals surface area contributed by atoms with Crippen molar-refractivity contribution >= 4 is 56.8 Å². The van der Waals surface area contributed by atoms with Crippen molar-refractivity contribution in [1.82, 2.24) is 41.0 Å². The molecule has 2 aliphatic rings. The second-order valence-corrected chi connectivity index (χ2v) is 17.3. The molecule has 8 rings (SSSR count).